The molecule has 0 bridgehead atoms. The van der Waals surface area contributed by atoms with Crippen molar-refractivity contribution in [3.8, 4) is 0 Å². The summed E-state index contributed by atoms with van der Waals surface area (Å²) in [6.07, 6.45) is 3.29. The Bertz CT molecular complexity index is 717. The van der Waals surface area contributed by atoms with Crippen molar-refractivity contribution in [3.63, 3.8) is 0 Å². The zero-order valence-electron chi connectivity index (χ0n) is 15.8. The zero-order chi connectivity index (χ0) is 19.1. The molecule has 0 heterocycles. The summed E-state index contributed by atoms with van der Waals surface area (Å²) in [6, 6.07) is 0. The minimum Gasteiger partial charge on any atom is -0.390 e. The van der Waals surface area contributed by atoms with Crippen LogP contribution < -0.4 is 0 Å². The van der Waals surface area contributed by atoms with E-state index in [1.165, 1.54) is 6.92 Å². The highest BCUT2D eigenvalue weighted by molar-refractivity contribution is 5.91. The minimum atomic E-state index is -1.82. The molecule has 0 aromatic rings. The molecule has 3 saturated carbocycles. The van der Waals surface area contributed by atoms with Gasteiger partial charge in [-0.15, -0.1) is 0 Å². The summed E-state index contributed by atoms with van der Waals surface area (Å²) in [7, 11) is 0. The highest BCUT2D eigenvalue weighted by Gasteiger charge is 2.73. The first-order valence-corrected chi connectivity index (χ1v) is 9.85. The number of carbonyl (C=O) groups is 2. The summed E-state index contributed by atoms with van der Waals surface area (Å²) in [4.78, 5) is 24.1. The van der Waals surface area contributed by atoms with Gasteiger partial charge in [0.2, 0.25) is 0 Å². The third-order valence-electron chi connectivity index (χ3n) is 8.78. The smallest absolute Gasteiger partial charge is 0.161 e. The van der Waals surface area contributed by atoms with Crippen molar-refractivity contribution in [2.75, 3.05) is 0 Å². The van der Waals surface area contributed by atoms with E-state index in [1.807, 2.05) is 13.8 Å². The average molecular weight is 364 g/mol. The monoisotopic (exact) mass is 364 g/mol. The van der Waals surface area contributed by atoms with Crippen molar-refractivity contribution in [1.29, 1.82) is 0 Å². The molecule has 2 N–H and O–H groups in total. The lowest BCUT2D eigenvalue weighted by molar-refractivity contribution is -0.225. The Hall–Kier alpha value is -1.07. The van der Waals surface area contributed by atoms with Crippen LogP contribution in [0.2, 0.25) is 0 Å². The molecule has 0 saturated heterocycles. The van der Waals surface area contributed by atoms with Crippen LogP contribution in [0.4, 0.5) is 4.39 Å². The van der Waals surface area contributed by atoms with Crippen LogP contribution >= 0.6 is 0 Å². The van der Waals surface area contributed by atoms with Crippen molar-refractivity contribution in [2.24, 2.45) is 22.7 Å². The van der Waals surface area contributed by atoms with Gasteiger partial charge >= 0.3 is 0 Å². The Kier molecular flexibility index (Phi) is 3.70. The molecule has 3 fully saturated rings. The van der Waals surface area contributed by atoms with Gasteiger partial charge in [0.1, 0.15) is 11.3 Å². The highest BCUT2D eigenvalue weighted by atomic mass is 19.1. The lowest BCUT2D eigenvalue weighted by Gasteiger charge is -2.63. The molecule has 4 aliphatic carbocycles. The van der Waals surface area contributed by atoms with Crippen LogP contribution in [0.15, 0.2) is 11.6 Å². The SMILES string of the molecule is CC(=O)[C@@]1(O)CC[C@H]2[C@@H]3CCC4=CC(=O)CC[C@]4(C)C3(F)[C@@H](O)C[C@@]21C. The van der Waals surface area contributed by atoms with Crippen molar-refractivity contribution in [1.82, 2.24) is 0 Å². The van der Waals surface area contributed by atoms with Gasteiger partial charge in [-0.25, -0.2) is 4.39 Å². The molecule has 0 aromatic carbocycles. The van der Waals surface area contributed by atoms with E-state index in [9.17, 15) is 19.8 Å². The molecule has 0 amide bonds. The van der Waals surface area contributed by atoms with Crippen LogP contribution in [0.25, 0.3) is 0 Å². The van der Waals surface area contributed by atoms with Gasteiger partial charge in [0.25, 0.3) is 0 Å². The van der Waals surface area contributed by atoms with Crippen molar-refractivity contribution >= 4 is 11.6 Å². The molecule has 1 unspecified atom stereocenters. The molecule has 4 nitrogen and oxygen atoms in total. The van der Waals surface area contributed by atoms with Gasteiger partial charge in [0, 0.05) is 23.2 Å². The number of halogens is 1. The Morgan fingerprint density at radius 1 is 1.19 bits per heavy atom. The molecule has 0 radical (unpaired) electrons. The van der Waals surface area contributed by atoms with Crippen molar-refractivity contribution < 1.29 is 24.2 Å². The van der Waals surface area contributed by atoms with Crippen LogP contribution in [0, 0.1) is 22.7 Å². The number of ketones is 2. The van der Waals surface area contributed by atoms with Gasteiger partial charge in [0.15, 0.2) is 11.6 Å². The maximum absolute atomic E-state index is 16.8. The van der Waals surface area contributed by atoms with Gasteiger partial charge in [-0.2, -0.15) is 0 Å². The van der Waals surface area contributed by atoms with Crippen molar-refractivity contribution in [3.05, 3.63) is 11.6 Å². The number of rotatable bonds is 1. The summed E-state index contributed by atoms with van der Waals surface area (Å²) in [5, 5.41) is 22.2. The number of aliphatic hydroxyl groups is 2. The van der Waals surface area contributed by atoms with Crippen LogP contribution in [-0.4, -0.2) is 39.2 Å². The number of Topliss-reactive ketones (excluding diaryl/α,β-unsaturated/α-hetero) is 1. The van der Waals surface area contributed by atoms with Gasteiger partial charge in [-0.05, 0) is 57.4 Å². The van der Waals surface area contributed by atoms with Crippen LogP contribution in [0.3, 0.4) is 0 Å². The van der Waals surface area contributed by atoms with Crippen LogP contribution in [0.1, 0.15) is 65.7 Å². The summed E-state index contributed by atoms with van der Waals surface area (Å²) in [6.45, 7) is 5.11. The fourth-order valence-electron chi connectivity index (χ4n) is 7.15. The fourth-order valence-corrected chi connectivity index (χ4v) is 7.15. The van der Waals surface area contributed by atoms with E-state index in [1.54, 1.807) is 6.08 Å². The number of hydrogen-bond acceptors (Lipinski definition) is 4. The third-order valence-corrected chi connectivity index (χ3v) is 8.78. The summed E-state index contributed by atoms with van der Waals surface area (Å²) in [5.74, 6) is -0.783. The van der Waals surface area contributed by atoms with E-state index >= 15 is 4.39 Å². The molecule has 0 aromatic heterocycles. The predicted octanol–water partition coefficient (Wildman–Crippen LogP) is 2.90. The summed E-state index contributed by atoms with van der Waals surface area (Å²) >= 11 is 0. The molecule has 0 aliphatic heterocycles. The summed E-state index contributed by atoms with van der Waals surface area (Å²) < 4.78 is 16.8. The Morgan fingerprint density at radius 3 is 2.54 bits per heavy atom. The van der Waals surface area contributed by atoms with Gasteiger partial charge in [-0.1, -0.05) is 19.4 Å². The van der Waals surface area contributed by atoms with Crippen molar-refractivity contribution in [2.45, 2.75) is 83.1 Å². The number of alkyl halides is 1. The highest BCUT2D eigenvalue weighted by Crippen LogP contribution is 2.70. The average Bonchev–Trinajstić information content (AvgIpc) is 2.83. The predicted molar refractivity (Wildman–Crippen MR) is 94.1 cm³/mol. The molecule has 144 valence electrons. The summed E-state index contributed by atoms with van der Waals surface area (Å²) in [5.41, 5.74) is -4.12. The number of fused-ring (bicyclic) bond motifs is 5. The van der Waals surface area contributed by atoms with E-state index in [0.29, 0.717) is 38.5 Å². The van der Waals surface area contributed by atoms with Crippen LogP contribution in [0.5, 0.6) is 0 Å². The Labute approximate surface area is 153 Å². The zero-order valence-corrected chi connectivity index (χ0v) is 15.8. The number of carbonyl (C=O) groups excluding carboxylic acids is 2. The van der Waals surface area contributed by atoms with Crippen LogP contribution in [-0.2, 0) is 9.59 Å². The quantitative estimate of drug-likeness (QED) is 0.750. The van der Waals surface area contributed by atoms with Gasteiger partial charge < -0.3 is 10.2 Å². The standard InChI is InChI=1S/C21H29FO4/c1-12(23)20(26)9-7-15-16-5-4-13-10-14(24)6-8-18(13,2)21(16,22)17(25)11-19(15,20)3/h10,15-17,25-26H,4-9,11H2,1-3H3/t15-,16-,17-,18-,19-,20-,21?/m0/s1. The van der Waals surface area contributed by atoms with Gasteiger partial charge in [0.05, 0.1) is 6.10 Å². The van der Waals surface area contributed by atoms with E-state index in [0.717, 1.165) is 5.57 Å². The second kappa shape index (κ2) is 5.26. The minimum absolute atomic E-state index is 0.0430. The van der Waals surface area contributed by atoms with E-state index < -0.39 is 34.1 Å². The molecule has 0 spiro atoms. The number of hydrogen-bond donors (Lipinski definition) is 2. The second-order valence-electron chi connectivity index (χ2n) is 9.58. The lowest BCUT2D eigenvalue weighted by Crippen LogP contribution is -2.69. The molecular weight excluding hydrogens is 335 g/mol. The topological polar surface area (TPSA) is 74.6 Å². The fraction of sp³-hybridized carbons (Fsp3) is 0.810. The van der Waals surface area contributed by atoms with E-state index in [2.05, 4.69) is 0 Å². The third kappa shape index (κ3) is 1.86. The lowest BCUT2D eigenvalue weighted by atomic mass is 9.44. The maximum Gasteiger partial charge on any atom is 0.161 e. The Balaban J connectivity index is 1.82. The molecule has 26 heavy (non-hydrogen) atoms. The molecule has 4 rings (SSSR count). The number of allylic oxidation sites excluding steroid dienone is 1. The number of aliphatic hydroxyl groups excluding tert-OH is 1. The van der Waals surface area contributed by atoms with Gasteiger partial charge in [-0.3, -0.25) is 9.59 Å². The first-order valence-electron chi connectivity index (χ1n) is 9.85. The molecular formula is C21H29FO4. The molecule has 4 aliphatic rings. The molecule has 5 heteroatoms. The Morgan fingerprint density at radius 2 is 1.88 bits per heavy atom. The molecule has 7 atom stereocenters. The first-order chi connectivity index (χ1) is 12.0. The van der Waals surface area contributed by atoms with E-state index in [4.69, 9.17) is 0 Å². The second-order valence-corrected chi connectivity index (χ2v) is 9.58. The largest absolute Gasteiger partial charge is 0.390 e. The first kappa shape index (κ1) is 18.3. The normalized spacial score (nSPS) is 53.4. The van der Waals surface area contributed by atoms with E-state index in [-0.39, 0.29) is 23.9 Å². The maximum atomic E-state index is 16.8.